The molecular formula is C19H19F3N2O3. The number of nitrogens with zero attached hydrogens (tertiary/aromatic N) is 2. The molecule has 5 nitrogen and oxygen atoms in total. The number of ketones is 1. The van der Waals surface area contributed by atoms with E-state index in [-0.39, 0.29) is 22.7 Å². The second kappa shape index (κ2) is 6.83. The molecule has 0 bridgehead atoms. The second-order valence-electron chi connectivity index (χ2n) is 6.64. The van der Waals surface area contributed by atoms with Crippen molar-refractivity contribution in [3.8, 4) is 0 Å². The van der Waals surface area contributed by atoms with Gasteiger partial charge in [0, 0.05) is 13.0 Å². The van der Waals surface area contributed by atoms with Crippen LogP contribution in [0.5, 0.6) is 0 Å². The van der Waals surface area contributed by atoms with Gasteiger partial charge in [-0.15, -0.1) is 0 Å². The molecule has 27 heavy (non-hydrogen) atoms. The van der Waals surface area contributed by atoms with Gasteiger partial charge in [0.15, 0.2) is 5.78 Å². The lowest BCUT2D eigenvalue weighted by Crippen LogP contribution is -2.38. The smallest absolute Gasteiger partial charge is 0.337 e. The van der Waals surface area contributed by atoms with E-state index in [1.807, 2.05) is 0 Å². The van der Waals surface area contributed by atoms with Gasteiger partial charge >= 0.3 is 6.18 Å². The van der Waals surface area contributed by atoms with Crippen molar-refractivity contribution in [1.82, 2.24) is 4.90 Å². The number of hydrogen-bond acceptors (Lipinski definition) is 4. The van der Waals surface area contributed by atoms with Gasteiger partial charge < -0.3 is 4.90 Å². The molecule has 1 heterocycles. The van der Waals surface area contributed by atoms with E-state index in [9.17, 15) is 28.1 Å². The molecule has 144 valence electrons. The average Bonchev–Trinajstić information content (AvgIpc) is 2.60. The molecule has 0 saturated heterocycles. The van der Waals surface area contributed by atoms with Crippen molar-refractivity contribution in [2.45, 2.75) is 45.2 Å². The van der Waals surface area contributed by atoms with E-state index in [4.69, 9.17) is 0 Å². The summed E-state index contributed by atoms with van der Waals surface area (Å²) in [5.74, 6) is -1.35. The summed E-state index contributed by atoms with van der Waals surface area (Å²) in [6.07, 6.45) is -3.51. The van der Waals surface area contributed by atoms with Gasteiger partial charge in [0.1, 0.15) is 5.92 Å². The van der Waals surface area contributed by atoms with E-state index in [2.05, 4.69) is 0 Å². The number of nitro groups is 1. The van der Waals surface area contributed by atoms with Crippen LogP contribution in [-0.4, -0.2) is 22.2 Å². The number of alkyl halides is 3. The first-order chi connectivity index (χ1) is 12.7. The van der Waals surface area contributed by atoms with Crippen LogP contribution in [0.1, 0.15) is 50.2 Å². The number of benzene rings is 1. The second-order valence-corrected chi connectivity index (χ2v) is 6.64. The Hall–Kier alpha value is -2.64. The van der Waals surface area contributed by atoms with Gasteiger partial charge in [-0.2, -0.15) is 13.2 Å². The van der Waals surface area contributed by atoms with Crippen molar-refractivity contribution in [3.63, 3.8) is 0 Å². The van der Waals surface area contributed by atoms with Gasteiger partial charge in [0.2, 0.25) is 0 Å². The molecule has 0 N–H and O–H groups in total. The molecule has 1 aromatic rings. The lowest BCUT2D eigenvalue weighted by Gasteiger charge is -2.38. The van der Waals surface area contributed by atoms with Crippen LogP contribution in [0.2, 0.25) is 0 Å². The molecule has 3 rings (SSSR count). The molecule has 1 unspecified atom stereocenters. The predicted octanol–water partition coefficient (Wildman–Crippen LogP) is 4.64. The summed E-state index contributed by atoms with van der Waals surface area (Å²) < 4.78 is 40.8. The first kappa shape index (κ1) is 19.1. The summed E-state index contributed by atoms with van der Waals surface area (Å²) in [4.78, 5) is 25.4. The number of halogens is 3. The van der Waals surface area contributed by atoms with Crippen LogP contribution in [0.25, 0.3) is 0 Å². The Morgan fingerprint density at radius 1 is 1.26 bits per heavy atom. The minimum Gasteiger partial charge on any atom is -0.337 e. The number of hydrogen-bond donors (Lipinski definition) is 0. The number of likely N-dealkylation sites (N-methyl/N-ethyl adjacent to an activating group) is 1. The van der Waals surface area contributed by atoms with Crippen LogP contribution >= 0.6 is 0 Å². The Balaban J connectivity index is 2.34. The molecule has 1 aliphatic heterocycles. The summed E-state index contributed by atoms with van der Waals surface area (Å²) in [6.45, 7) is 3.59. The summed E-state index contributed by atoms with van der Waals surface area (Å²) in [6, 6.07) is 4.90. The molecule has 1 aromatic carbocycles. The molecule has 0 fully saturated rings. The lowest BCUT2D eigenvalue weighted by molar-refractivity contribution is -0.432. The normalized spacial score (nSPS) is 20.9. The average molecular weight is 380 g/mol. The third-order valence-corrected chi connectivity index (χ3v) is 5.18. The van der Waals surface area contributed by atoms with Gasteiger partial charge in [-0.1, -0.05) is 18.2 Å². The Kier molecular flexibility index (Phi) is 4.84. The first-order valence-electron chi connectivity index (χ1n) is 8.73. The van der Waals surface area contributed by atoms with Crippen LogP contribution in [0, 0.1) is 10.1 Å². The maximum absolute atomic E-state index is 13.6. The Labute approximate surface area is 154 Å². The topological polar surface area (TPSA) is 63.4 Å². The third-order valence-electron chi connectivity index (χ3n) is 5.18. The fourth-order valence-corrected chi connectivity index (χ4v) is 4.11. The van der Waals surface area contributed by atoms with Gasteiger partial charge in [-0.05, 0) is 43.9 Å². The minimum atomic E-state index is -4.65. The highest BCUT2D eigenvalue weighted by molar-refractivity contribution is 5.97. The molecule has 0 radical (unpaired) electrons. The summed E-state index contributed by atoms with van der Waals surface area (Å²) in [5, 5.41) is 11.9. The zero-order valence-electron chi connectivity index (χ0n) is 15.0. The molecule has 1 atom stereocenters. The van der Waals surface area contributed by atoms with Crippen molar-refractivity contribution < 1.29 is 22.9 Å². The standard InChI is InChI=1S/C19H19F3N2O3/c1-3-23-11(2)17(24(26)27)16(13-8-6-10-15(25)18(13)23)12-7-4-5-9-14(12)19(20,21)22/h4-5,7,9,16H,3,6,8,10H2,1-2H3. The lowest BCUT2D eigenvalue weighted by atomic mass is 9.76. The molecule has 0 aromatic heterocycles. The van der Waals surface area contributed by atoms with E-state index >= 15 is 0 Å². The van der Waals surface area contributed by atoms with Crippen LogP contribution in [-0.2, 0) is 11.0 Å². The largest absolute Gasteiger partial charge is 0.416 e. The van der Waals surface area contributed by atoms with E-state index in [0.29, 0.717) is 37.1 Å². The zero-order chi connectivity index (χ0) is 19.9. The highest BCUT2D eigenvalue weighted by Crippen LogP contribution is 2.48. The van der Waals surface area contributed by atoms with Crippen LogP contribution < -0.4 is 0 Å². The number of carbonyl (C=O) groups excluding carboxylic acids is 1. The van der Waals surface area contributed by atoms with Crippen LogP contribution in [0.3, 0.4) is 0 Å². The van der Waals surface area contributed by atoms with Crippen molar-refractivity contribution >= 4 is 5.78 Å². The Morgan fingerprint density at radius 3 is 2.52 bits per heavy atom. The van der Waals surface area contributed by atoms with E-state index in [0.717, 1.165) is 6.07 Å². The number of carbonyl (C=O) groups is 1. The third kappa shape index (κ3) is 3.13. The molecular weight excluding hydrogens is 361 g/mol. The quantitative estimate of drug-likeness (QED) is 0.566. The molecule has 1 aliphatic carbocycles. The van der Waals surface area contributed by atoms with Gasteiger partial charge in [-0.3, -0.25) is 14.9 Å². The van der Waals surface area contributed by atoms with Gasteiger partial charge in [0.25, 0.3) is 5.70 Å². The van der Waals surface area contributed by atoms with E-state index in [1.165, 1.54) is 25.1 Å². The fraction of sp³-hybridized carbons (Fsp3) is 0.421. The highest BCUT2D eigenvalue weighted by Gasteiger charge is 2.46. The maximum atomic E-state index is 13.6. The van der Waals surface area contributed by atoms with Gasteiger partial charge in [0.05, 0.1) is 21.9 Å². The Morgan fingerprint density at radius 2 is 1.93 bits per heavy atom. The number of rotatable bonds is 3. The zero-order valence-corrected chi connectivity index (χ0v) is 15.0. The number of allylic oxidation sites excluding steroid dienone is 3. The summed E-state index contributed by atoms with van der Waals surface area (Å²) in [7, 11) is 0. The Bertz CT molecular complexity index is 871. The van der Waals surface area contributed by atoms with Crippen molar-refractivity contribution in [1.29, 1.82) is 0 Å². The minimum absolute atomic E-state index is 0.172. The van der Waals surface area contributed by atoms with E-state index in [1.54, 1.807) is 11.8 Å². The highest BCUT2D eigenvalue weighted by atomic mass is 19.4. The van der Waals surface area contributed by atoms with Crippen molar-refractivity contribution in [2.24, 2.45) is 0 Å². The predicted molar refractivity (Wildman–Crippen MR) is 92.1 cm³/mol. The first-order valence-corrected chi connectivity index (χ1v) is 8.73. The summed E-state index contributed by atoms with van der Waals surface area (Å²) in [5.41, 5.74) is -0.401. The SMILES string of the molecule is CCN1C(C)=C([N+](=O)[O-])C(c2ccccc2C(F)(F)F)C2=C1C(=O)CCC2. The summed E-state index contributed by atoms with van der Waals surface area (Å²) >= 11 is 0. The van der Waals surface area contributed by atoms with Crippen molar-refractivity contribution in [3.05, 3.63) is 68.2 Å². The number of Topliss-reactive ketones (excluding diaryl/α,β-unsaturated/α-hetero) is 1. The van der Waals surface area contributed by atoms with Crippen LogP contribution in [0.15, 0.2) is 46.9 Å². The van der Waals surface area contributed by atoms with Crippen LogP contribution in [0.4, 0.5) is 13.2 Å². The molecule has 0 amide bonds. The van der Waals surface area contributed by atoms with Gasteiger partial charge in [-0.25, -0.2) is 0 Å². The van der Waals surface area contributed by atoms with Crippen molar-refractivity contribution in [2.75, 3.05) is 6.54 Å². The monoisotopic (exact) mass is 380 g/mol. The maximum Gasteiger partial charge on any atom is 0.416 e. The molecule has 0 saturated carbocycles. The van der Waals surface area contributed by atoms with E-state index < -0.39 is 22.6 Å². The molecule has 2 aliphatic rings. The fourth-order valence-electron chi connectivity index (χ4n) is 4.11. The molecule has 8 heteroatoms. The molecule has 0 spiro atoms.